The van der Waals surface area contributed by atoms with Crippen LogP contribution in [0, 0.1) is 5.82 Å². The molecule has 9 heteroatoms. The molecule has 0 saturated carbocycles. The van der Waals surface area contributed by atoms with Crippen LogP contribution in [0.2, 0.25) is 5.02 Å². The Labute approximate surface area is 191 Å². The topological polar surface area (TPSA) is 75.7 Å². The number of carbonyl (C=O) groups excluding carboxylic acids is 1. The highest BCUT2D eigenvalue weighted by molar-refractivity contribution is 7.89. The van der Waals surface area contributed by atoms with Gasteiger partial charge in [0.2, 0.25) is 15.9 Å². The Morgan fingerprint density at radius 3 is 2.28 bits per heavy atom. The van der Waals surface area contributed by atoms with Crippen LogP contribution in [-0.4, -0.2) is 32.3 Å². The molecule has 0 unspecified atom stereocenters. The Morgan fingerprint density at radius 2 is 1.62 bits per heavy atom. The lowest BCUT2D eigenvalue weighted by Gasteiger charge is -2.22. The molecule has 3 aromatic rings. The van der Waals surface area contributed by atoms with Crippen LogP contribution in [0.5, 0.6) is 5.75 Å². The first-order chi connectivity index (χ1) is 15.3. The summed E-state index contributed by atoms with van der Waals surface area (Å²) in [5.74, 6) is -0.493. The van der Waals surface area contributed by atoms with E-state index in [9.17, 15) is 17.6 Å². The van der Waals surface area contributed by atoms with Crippen molar-refractivity contribution < 1.29 is 22.3 Å². The molecule has 6 nitrogen and oxygen atoms in total. The quantitative estimate of drug-likeness (QED) is 0.506. The number of rotatable bonds is 9. The first-order valence-corrected chi connectivity index (χ1v) is 11.5. The Kier molecular flexibility index (Phi) is 7.84. The van der Waals surface area contributed by atoms with E-state index < -0.39 is 28.3 Å². The van der Waals surface area contributed by atoms with Crippen molar-refractivity contribution in [2.75, 3.05) is 13.7 Å². The van der Waals surface area contributed by atoms with E-state index in [0.717, 1.165) is 9.87 Å². The smallest absolute Gasteiger partial charge is 0.243 e. The summed E-state index contributed by atoms with van der Waals surface area (Å²) in [5.41, 5.74) is 0.895. The number of hydrogen-bond acceptors (Lipinski definition) is 4. The van der Waals surface area contributed by atoms with Gasteiger partial charge < -0.3 is 10.1 Å². The second kappa shape index (κ2) is 10.6. The van der Waals surface area contributed by atoms with Gasteiger partial charge in [0.1, 0.15) is 11.6 Å². The Bertz CT molecular complexity index is 1190. The zero-order valence-corrected chi connectivity index (χ0v) is 18.9. The van der Waals surface area contributed by atoms with Crippen LogP contribution in [0.3, 0.4) is 0 Å². The van der Waals surface area contributed by atoms with Gasteiger partial charge in [-0.25, -0.2) is 12.8 Å². The van der Waals surface area contributed by atoms with Crippen molar-refractivity contribution in [3.63, 3.8) is 0 Å². The van der Waals surface area contributed by atoms with Crippen molar-refractivity contribution in [3.05, 3.63) is 94.8 Å². The highest BCUT2D eigenvalue weighted by Gasteiger charge is 2.27. The second-order valence-corrected chi connectivity index (χ2v) is 9.28. The van der Waals surface area contributed by atoms with Gasteiger partial charge in [0.25, 0.3) is 0 Å². The molecule has 0 aliphatic rings. The lowest BCUT2D eigenvalue weighted by Crippen LogP contribution is -2.40. The molecule has 168 valence electrons. The molecule has 0 heterocycles. The standard InChI is InChI=1S/C23H22ClFN2O4S/c1-31-22-9-5-3-6-17(22)14-26-23(28)16-27(15-18-7-2-4-8-21(18)25)32(29,30)20-12-10-19(24)11-13-20/h2-13H,14-16H2,1H3,(H,26,28). The fourth-order valence-electron chi connectivity index (χ4n) is 3.06. The van der Waals surface area contributed by atoms with Crippen molar-refractivity contribution in [1.29, 1.82) is 0 Å². The van der Waals surface area contributed by atoms with Gasteiger partial charge in [-0.2, -0.15) is 4.31 Å². The molecule has 0 aliphatic heterocycles. The number of halogens is 2. The maximum atomic E-state index is 14.2. The molecular weight excluding hydrogens is 455 g/mol. The lowest BCUT2D eigenvalue weighted by molar-refractivity contribution is -0.121. The van der Waals surface area contributed by atoms with Crippen LogP contribution >= 0.6 is 11.6 Å². The monoisotopic (exact) mass is 476 g/mol. The highest BCUT2D eigenvalue weighted by atomic mass is 35.5. The first-order valence-electron chi connectivity index (χ1n) is 9.69. The normalized spacial score (nSPS) is 11.4. The largest absolute Gasteiger partial charge is 0.496 e. The van der Waals surface area contributed by atoms with Crippen molar-refractivity contribution in [3.8, 4) is 5.75 Å². The van der Waals surface area contributed by atoms with Crippen LogP contribution in [0.15, 0.2) is 77.7 Å². The number of benzene rings is 3. The van der Waals surface area contributed by atoms with Crippen LogP contribution in [-0.2, 0) is 27.9 Å². The minimum atomic E-state index is -4.10. The van der Waals surface area contributed by atoms with Crippen molar-refractivity contribution in [2.24, 2.45) is 0 Å². The average molecular weight is 477 g/mol. The molecule has 1 N–H and O–H groups in total. The minimum absolute atomic E-state index is 0.0456. The molecule has 0 fully saturated rings. The highest BCUT2D eigenvalue weighted by Crippen LogP contribution is 2.22. The molecular formula is C23H22ClFN2O4S. The van der Waals surface area contributed by atoms with E-state index in [0.29, 0.717) is 10.8 Å². The zero-order chi connectivity index (χ0) is 23.1. The van der Waals surface area contributed by atoms with Crippen LogP contribution in [0.4, 0.5) is 4.39 Å². The molecule has 32 heavy (non-hydrogen) atoms. The summed E-state index contributed by atoms with van der Waals surface area (Å²) >= 11 is 5.87. The number of sulfonamides is 1. The van der Waals surface area contributed by atoms with Gasteiger partial charge >= 0.3 is 0 Å². The van der Waals surface area contributed by atoms with Gasteiger partial charge in [0, 0.05) is 29.2 Å². The number of methoxy groups -OCH3 is 1. The van der Waals surface area contributed by atoms with E-state index >= 15 is 0 Å². The van der Waals surface area contributed by atoms with Crippen molar-refractivity contribution in [1.82, 2.24) is 9.62 Å². The third-order valence-electron chi connectivity index (χ3n) is 4.74. The SMILES string of the molecule is COc1ccccc1CNC(=O)CN(Cc1ccccc1F)S(=O)(=O)c1ccc(Cl)cc1. The third-order valence-corrected chi connectivity index (χ3v) is 6.80. The van der Waals surface area contributed by atoms with Gasteiger partial charge in [-0.15, -0.1) is 0 Å². The molecule has 0 aromatic heterocycles. The van der Waals surface area contributed by atoms with E-state index in [1.165, 1.54) is 49.6 Å². The fraction of sp³-hybridized carbons (Fsp3) is 0.174. The van der Waals surface area contributed by atoms with Gasteiger partial charge in [-0.1, -0.05) is 48.0 Å². The molecule has 0 atom stereocenters. The van der Waals surface area contributed by atoms with E-state index in [-0.39, 0.29) is 23.5 Å². The van der Waals surface area contributed by atoms with Crippen LogP contribution in [0.25, 0.3) is 0 Å². The van der Waals surface area contributed by atoms with E-state index in [4.69, 9.17) is 16.3 Å². The number of nitrogens with zero attached hydrogens (tertiary/aromatic N) is 1. The Hall–Kier alpha value is -2.94. The molecule has 0 aliphatic carbocycles. The van der Waals surface area contributed by atoms with Gasteiger partial charge in [-0.3, -0.25) is 4.79 Å². The predicted molar refractivity (Wildman–Crippen MR) is 120 cm³/mol. The Morgan fingerprint density at radius 1 is 1.00 bits per heavy atom. The first kappa shape index (κ1) is 23.7. The van der Waals surface area contributed by atoms with Gasteiger partial charge in [0.15, 0.2) is 0 Å². The van der Waals surface area contributed by atoms with E-state index in [2.05, 4.69) is 5.32 Å². The summed E-state index contributed by atoms with van der Waals surface area (Å²) in [7, 11) is -2.58. The second-order valence-electron chi connectivity index (χ2n) is 6.91. The number of ether oxygens (including phenoxy) is 1. The number of para-hydroxylation sites is 1. The van der Waals surface area contributed by atoms with Crippen molar-refractivity contribution in [2.45, 2.75) is 18.0 Å². The van der Waals surface area contributed by atoms with Crippen molar-refractivity contribution >= 4 is 27.5 Å². The maximum Gasteiger partial charge on any atom is 0.243 e. The zero-order valence-electron chi connectivity index (χ0n) is 17.3. The maximum absolute atomic E-state index is 14.2. The molecule has 0 radical (unpaired) electrons. The lowest BCUT2D eigenvalue weighted by atomic mass is 10.2. The predicted octanol–water partition coefficient (Wildman–Crippen LogP) is 4.00. The van der Waals surface area contributed by atoms with Gasteiger partial charge in [-0.05, 0) is 36.4 Å². The summed E-state index contributed by atoms with van der Waals surface area (Å²) in [6, 6.07) is 18.6. The number of amides is 1. The summed E-state index contributed by atoms with van der Waals surface area (Å²) in [6.07, 6.45) is 0. The summed E-state index contributed by atoms with van der Waals surface area (Å²) in [5, 5.41) is 3.07. The number of hydrogen-bond donors (Lipinski definition) is 1. The molecule has 0 spiro atoms. The average Bonchev–Trinajstić information content (AvgIpc) is 2.79. The number of nitrogens with one attached hydrogen (secondary N) is 1. The molecule has 0 bridgehead atoms. The van der Waals surface area contributed by atoms with E-state index in [1.54, 1.807) is 30.3 Å². The minimum Gasteiger partial charge on any atom is -0.496 e. The summed E-state index contributed by atoms with van der Waals surface area (Å²) in [6.45, 7) is -0.647. The molecule has 1 amide bonds. The van der Waals surface area contributed by atoms with E-state index in [1.807, 2.05) is 0 Å². The van der Waals surface area contributed by atoms with Crippen LogP contribution < -0.4 is 10.1 Å². The molecule has 3 rings (SSSR count). The summed E-state index contributed by atoms with van der Waals surface area (Å²) in [4.78, 5) is 12.6. The van der Waals surface area contributed by atoms with Gasteiger partial charge in [0.05, 0.1) is 18.6 Å². The molecule has 0 saturated heterocycles. The summed E-state index contributed by atoms with van der Waals surface area (Å²) < 4.78 is 46.9. The third kappa shape index (κ3) is 5.85. The molecule has 3 aromatic carbocycles. The fourth-order valence-corrected chi connectivity index (χ4v) is 4.56. The van der Waals surface area contributed by atoms with Crippen LogP contribution in [0.1, 0.15) is 11.1 Å². The number of carbonyl (C=O) groups is 1. The Balaban J connectivity index is 1.82.